The maximum Gasteiger partial charge on any atom is 0.434 e. The van der Waals surface area contributed by atoms with Gasteiger partial charge in [0.05, 0.1) is 7.11 Å². The topological polar surface area (TPSA) is 65.0 Å². The lowest BCUT2D eigenvalue weighted by atomic mass is 10.2. The highest BCUT2D eigenvalue weighted by molar-refractivity contribution is 9.10. The minimum atomic E-state index is -3.77. The van der Waals surface area contributed by atoms with Crippen LogP contribution in [0.5, 0.6) is 0 Å². The molecule has 0 aliphatic carbocycles. The van der Waals surface area contributed by atoms with Crippen molar-refractivity contribution in [3.63, 3.8) is 0 Å². The van der Waals surface area contributed by atoms with Crippen LogP contribution in [-0.4, -0.2) is 35.3 Å². The summed E-state index contributed by atoms with van der Waals surface area (Å²) in [5.74, 6) is -1.42. The van der Waals surface area contributed by atoms with E-state index in [0.717, 1.165) is 7.11 Å². The van der Waals surface area contributed by atoms with Gasteiger partial charge in [-0.25, -0.2) is 9.59 Å². The molecule has 0 saturated carbocycles. The number of carbonyl (C=O) groups excluding carboxylic acids is 2. The molecule has 0 heterocycles. The van der Waals surface area contributed by atoms with Gasteiger partial charge >= 0.3 is 16.9 Å². The van der Waals surface area contributed by atoms with E-state index in [1.165, 1.54) is 20.8 Å². The predicted molar refractivity (Wildman–Crippen MR) is 59.6 cm³/mol. The molecule has 0 radical (unpaired) electrons. The number of rotatable bonds is 2. The van der Waals surface area contributed by atoms with Crippen LogP contribution in [0.3, 0.4) is 0 Å². The van der Waals surface area contributed by atoms with Crippen molar-refractivity contribution in [1.82, 2.24) is 0 Å². The van der Waals surface area contributed by atoms with Gasteiger partial charge in [-0.2, -0.15) is 13.8 Å². The minimum absolute atomic E-state index is 0.895. The van der Waals surface area contributed by atoms with E-state index >= 15 is 0 Å². The highest BCUT2D eigenvalue weighted by Crippen LogP contribution is 2.25. The molecule has 0 aromatic rings. The van der Waals surface area contributed by atoms with Crippen molar-refractivity contribution in [3.8, 4) is 0 Å². The van der Waals surface area contributed by atoms with E-state index in [0.29, 0.717) is 0 Å². The summed E-state index contributed by atoms with van der Waals surface area (Å²) in [4.78, 5) is 21.3. The number of aliphatic imine (C=N–C) groups is 1. The number of esters is 1. The van der Waals surface area contributed by atoms with Gasteiger partial charge in [-0.05, 0) is 36.7 Å². The lowest BCUT2D eigenvalue weighted by molar-refractivity contribution is -0.133. The average Bonchev–Trinajstić information content (AvgIpc) is 2.08. The molecule has 0 aliphatic heterocycles. The van der Waals surface area contributed by atoms with Gasteiger partial charge in [0.25, 0.3) is 0 Å². The number of hydrogen-bond donors (Lipinski definition) is 0. The lowest BCUT2D eigenvalue weighted by Crippen LogP contribution is -2.33. The summed E-state index contributed by atoms with van der Waals surface area (Å²) in [5, 5.41) is 0. The van der Waals surface area contributed by atoms with Crippen molar-refractivity contribution < 1.29 is 27.8 Å². The Bertz CT molecular complexity index is 344. The van der Waals surface area contributed by atoms with Crippen molar-refractivity contribution in [2.75, 3.05) is 7.11 Å². The van der Waals surface area contributed by atoms with E-state index in [4.69, 9.17) is 0 Å². The number of ether oxygens (including phenoxy) is 2. The number of methoxy groups -OCH3 is 1. The SMILES string of the molecule is COC(=O)/C(=N/C(=O)OC(C)(C)C)C(F)(F)Br. The van der Waals surface area contributed by atoms with Gasteiger partial charge in [-0.1, -0.05) is 0 Å². The maximum absolute atomic E-state index is 12.9. The van der Waals surface area contributed by atoms with Gasteiger partial charge in [-0.3, -0.25) is 0 Å². The van der Waals surface area contributed by atoms with Crippen molar-refractivity contribution in [2.24, 2.45) is 4.99 Å². The van der Waals surface area contributed by atoms with Crippen LogP contribution >= 0.6 is 15.9 Å². The molecule has 0 unspecified atom stereocenters. The van der Waals surface area contributed by atoms with Crippen LogP contribution in [-0.2, 0) is 14.3 Å². The second kappa shape index (κ2) is 5.52. The molecule has 0 saturated heterocycles. The molecule has 98 valence electrons. The fourth-order valence-electron chi connectivity index (χ4n) is 0.697. The third-order valence-corrected chi connectivity index (χ3v) is 1.62. The van der Waals surface area contributed by atoms with Gasteiger partial charge in [-0.15, -0.1) is 0 Å². The Morgan fingerprint density at radius 1 is 1.24 bits per heavy atom. The van der Waals surface area contributed by atoms with Gasteiger partial charge < -0.3 is 9.47 Å². The summed E-state index contributed by atoms with van der Waals surface area (Å²) in [5.41, 5.74) is -2.27. The van der Waals surface area contributed by atoms with Crippen LogP contribution in [0.2, 0.25) is 0 Å². The number of amides is 1. The first-order chi connectivity index (χ1) is 7.47. The molecule has 0 rings (SSSR count). The first-order valence-corrected chi connectivity index (χ1v) is 5.24. The molecular formula is C9H12BrF2NO4. The quantitative estimate of drug-likeness (QED) is 0.446. The number of carbonyl (C=O) groups is 2. The molecule has 1 amide bonds. The summed E-state index contributed by atoms with van der Waals surface area (Å²) in [6, 6.07) is 0. The molecule has 17 heavy (non-hydrogen) atoms. The Balaban J connectivity index is 5.08. The Labute approximate surface area is 105 Å². The van der Waals surface area contributed by atoms with Crippen molar-refractivity contribution in [3.05, 3.63) is 0 Å². The normalized spacial score (nSPS) is 13.2. The van der Waals surface area contributed by atoms with E-state index in [2.05, 4.69) is 14.5 Å². The molecule has 0 aromatic carbocycles. The molecule has 8 heteroatoms. The smallest absolute Gasteiger partial charge is 0.434 e. The summed E-state index contributed by atoms with van der Waals surface area (Å²) in [6.07, 6.45) is -1.29. The van der Waals surface area contributed by atoms with Crippen molar-refractivity contribution >= 4 is 33.7 Å². The second-order valence-electron chi connectivity index (χ2n) is 3.93. The first kappa shape index (κ1) is 16.0. The van der Waals surface area contributed by atoms with E-state index in [9.17, 15) is 18.4 Å². The highest BCUT2D eigenvalue weighted by atomic mass is 79.9. The molecule has 0 spiro atoms. The maximum atomic E-state index is 12.9. The molecule has 0 fully saturated rings. The highest BCUT2D eigenvalue weighted by Gasteiger charge is 2.39. The van der Waals surface area contributed by atoms with Gasteiger partial charge in [0.2, 0.25) is 5.71 Å². The van der Waals surface area contributed by atoms with E-state index in [1.807, 2.05) is 15.9 Å². The number of hydrogen-bond acceptors (Lipinski definition) is 4. The zero-order chi connectivity index (χ0) is 13.9. The van der Waals surface area contributed by atoms with Gasteiger partial charge in [0.1, 0.15) is 5.60 Å². The Hall–Kier alpha value is -1.05. The van der Waals surface area contributed by atoms with Crippen LogP contribution in [0, 0.1) is 0 Å². The number of nitrogens with zero attached hydrogens (tertiary/aromatic N) is 1. The molecule has 0 aromatic heterocycles. The average molecular weight is 316 g/mol. The molecule has 0 N–H and O–H groups in total. The zero-order valence-corrected chi connectivity index (χ0v) is 11.3. The van der Waals surface area contributed by atoms with Crippen molar-refractivity contribution in [1.29, 1.82) is 0 Å². The Kier molecular flexibility index (Phi) is 5.18. The summed E-state index contributed by atoms with van der Waals surface area (Å²) >= 11 is 1.92. The molecular weight excluding hydrogens is 304 g/mol. The largest absolute Gasteiger partial charge is 0.464 e. The van der Waals surface area contributed by atoms with E-state index in [-0.39, 0.29) is 0 Å². The third-order valence-electron chi connectivity index (χ3n) is 1.24. The summed E-state index contributed by atoms with van der Waals surface area (Å²) in [6.45, 7) is 4.60. The standard InChI is InChI=1S/C9H12BrF2NO4/c1-8(2,3)17-7(15)13-5(6(14)16-4)9(10,11)12/h1-4H3/b13-5-. The van der Waals surface area contributed by atoms with Gasteiger partial charge in [0, 0.05) is 0 Å². The zero-order valence-electron chi connectivity index (χ0n) is 9.71. The summed E-state index contributed by atoms with van der Waals surface area (Å²) in [7, 11) is 0.895. The minimum Gasteiger partial charge on any atom is -0.464 e. The lowest BCUT2D eigenvalue weighted by Gasteiger charge is -2.18. The third kappa shape index (κ3) is 6.30. The molecule has 5 nitrogen and oxygen atoms in total. The van der Waals surface area contributed by atoms with Gasteiger partial charge in [0.15, 0.2) is 0 Å². The number of halogens is 3. The van der Waals surface area contributed by atoms with Crippen molar-refractivity contribution in [2.45, 2.75) is 31.2 Å². The fraction of sp³-hybridized carbons (Fsp3) is 0.667. The fourth-order valence-corrected chi connectivity index (χ4v) is 0.948. The molecule has 0 bridgehead atoms. The monoisotopic (exact) mass is 315 g/mol. The Morgan fingerprint density at radius 3 is 2.00 bits per heavy atom. The number of alkyl halides is 3. The van der Waals surface area contributed by atoms with Crippen LogP contribution in [0.1, 0.15) is 20.8 Å². The Morgan fingerprint density at radius 2 is 1.71 bits per heavy atom. The first-order valence-electron chi connectivity index (χ1n) is 4.44. The van der Waals surface area contributed by atoms with Crippen LogP contribution in [0.25, 0.3) is 0 Å². The van der Waals surface area contributed by atoms with E-state index in [1.54, 1.807) is 0 Å². The van der Waals surface area contributed by atoms with Crippen LogP contribution in [0.15, 0.2) is 4.99 Å². The van der Waals surface area contributed by atoms with E-state index < -0.39 is 28.2 Å². The van der Waals surface area contributed by atoms with Crippen LogP contribution in [0.4, 0.5) is 13.6 Å². The molecule has 0 aliphatic rings. The molecule has 0 atom stereocenters. The predicted octanol–water partition coefficient (Wildman–Crippen LogP) is 2.52. The van der Waals surface area contributed by atoms with Crippen LogP contribution < -0.4 is 0 Å². The second-order valence-corrected chi connectivity index (χ2v) is 4.93. The summed E-state index contributed by atoms with van der Waals surface area (Å²) < 4.78 is 34.5.